The fraction of sp³-hybridized carbons (Fsp3) is 0.364. The largest absolute Gasteiger partial charge is 0.493 e. The number of carbonyl (C=O) groups is 1. The molecular formula is C22H29IN4O3. The van der Waals surface area contributed by atoms with Gasteiger partial charge in [-0.1, -0.05) is 24.3 Å². The second-order valence-corrected chi connectivity index (χ2v) is 6.87. The van der Waals surface area contributed by atoms with Crippen molar-refractivity contribution in [3.8, 4) is 11.5 Å². The summed E-state index contributed by atoms with van der Waals surface area (Å²) >= 11 is 0. The number of fused-ring (bicyclic) bond motifs is 1. The van der Waals surface area contributed by atoms with Crippen LogP contribution in [-0.2, 0) is 24.1 Å². The Morgan fingerprint density at radius 3 is 2.43 bits per heavy atom. The molecule has 0 unspecified atom stereocenters. The molecule has 0 aliphatic carbocycles. The van der Waals surface area contributed by atoms with Crippen LogP contribution in [-0.4, -0.2) is 45.2 Å². The number of aliphatic imine (C=N–C) groups is 1. The Kier molecular flexibility index (Phi) is 9.72. The molecule has 162 valence electrons. The maximum absolute atomic E-state index is 10.7. The minimum atomic E-state index is -0.484. The number of carbonyl (C=O) groups excluding carboxylic acids is 1. The summed E-state index contributed by atoms with van der Waals surface area (Å²) in [4.78, 5) is 15.0. The van der Waals surface area contributed by atoms with Crippen LogP contribution < -0.4 is 25.8 Å². The van der Waals surface area contributed by atoms with Crippen molar-refractivity contribution in [1.29, 1.82) is 0 Å². The van der Waals surface area contributed by atoms with Gasteiger partial charge in [0.2, 0.25) is 0 Å². The Bertz CT molecular complexity index is 856. The van der Waals surface area contributed by atoms with E-state index in [4.69, 9.17) is 15.2 Å². The number of hydrogen-bond donors (Lipinski definition) is 3. The highest BCUT2D eigenvalue weighted by atomic mass is 127. The van der Waals surface area contributed by atoms with Gasteiger partial charge in [0, 0.05) is 26.6 Å². The molecule has 0 spiro atoms. The number of benzene rings is 2. The maximum atomic E-state index is 10.7. The summed E-state index contributed by atoms with van der Waals surface area (Å²) in [6.45, 7) is 2.25. The van der Waals surface area contributed by atoms with E-state index in [1.54, 1.807) is 7.05 Å². The number of guanidine groups is 1. The summed E-state index contributed by atoms with van der Waals surface area (Å²) in [5.74, 6) is 1.96. The minimum Gasteiger partial charge on any atom is -0.493 e. The van der Waals surface area contributed by atoms with Crippen molar-refractivity contribution < 1.29 is 14.3 Å². The van der Waals surface area contributed by atoms with Crippen LogP contribution in [0.3, 0.4) is 0 Å². The lowest BCUT2D eigenvalue weighted by Crippen LogP contribution is -2.39. The van der Waals surface area contributed by atoms with Gasteiger partial charge >= 0.3 is 0 Å². The molecule has 0 atom stereocenters. The normalized spacial score (nSPS) is 12.4. The van der Waals surface area contributed by atoms with Crippen LogP contribution in [0.5, 0.6) is 11.5 Å². The predicted molar refractivity (Wildman–Crippen MR) is 129 cm³/mol. The van der Waals surface area contributed by atoms with Gasteiger partial charge in [-0.05, 0) is 47.7 Å². The lowest BCUT2D eigenvalue weighted by atomic mass is 10.1. The Hall–Kier alpha value is -2.49. The van der Waals surface area contributed by atoms with Crippen LogP contribution >= 0.6 is 24.0 Å². The highest BCUT2D eigenvalue weighted by Gasteiger charge is 2.11. The number of nitrogens with zero attached hydrogens (tertiary/aromatic N) is 1. The molecule has 0 bridgehead atoms. The molecule has 1 aliphatic rings. The molecule has 4 N–H and O–H groups in total. The molecule has 3 rings (SSSR count). The Morgan fingerprint density at radius 1 is 1.10 bits per heavy atom. The lowest BCUT2D eigenvalue weighted by Gasteiger charge is -2.12. The first kappa shape index (κ1) is 23.8. The first-order valence-electron chi connectivity index (χ1n) is 9.83. The molecule has 0 fully saturated rings. The van der Waals surface area contributed by atoms with E-state index >= 15 is 0 Å². The summed E-state index contributed by atoms with van der Waals surface area (Å²) in [7, 11) is 1.77. The molecule has 1 amide bonds. The molecule has 0 saturated heterocycles. The lowest BCUT2D eigenvalue weighted by molar-refractivity contribution is -0.119. The summed E-state index contributed by atoms with van der Waals surface area (Å²) in [5, 5.41) is 6.68. The molecular weight excluding hydrogens is 495 g/mol. The van der Waals surface area contributed by atoms with Gasteiger partial charge in [0.1, 0.15) is 11.5 Å². The fourth-order valence-corrected chi connectivity index (χ4v) is 3.17. The molecule has 7 nitrogen and oxygen atoms in total. The summed E-state index contributed by atoms with van der Waals surface area (Å²) in [5.41, 5.74) is 8.84. The number of hydrogen-bond acceptors (Lipinski definition) is 4. The van der Waals surface area contributed by atoms with E-state index in [0.717, 1.165) is 50.7 Å². The molecule has 1 heterocycles. The van der Waals surface area contributed by atoms with E-state index < -0.39 is 5.91 Å². The first-order valence-corrected chi connectivity index (χ1v) is 9.83. The van der Waals surface area contributed by atoms with Gasteiger partial charge < -0.3 is 25.8 Å². The average Bonchev–Trinajstić information content (AvgIpc) is 3.20. The summed E-state index contributed by atoms with van der Waals surface area (Å²) in [6.07, 6.45) is 2.78. The zero-order chi connectivity index (χ0) is 20.5. The first-order chi connectivity index (χ1) is 14.1. The van der Waals surface area contributed by atoms with Gasteiger partial charge in [-0.25, -0.2) is 0 Å². The fourth-order valence-electron chi connectivity index (χ4n) is 3.17. The highest BCUT2D eigenvalue weighted by Crippen LogP contribution is 2.25. The van der Waals surface area contributed by atoms with E-state index in [2.05, 4.69) is 33.8 Å². The van der Waals surface area contributed by atoms with Crippen molar-refractivity contribution in [2.24, 2.45) is 10.7 Å². The number of rotatable bonds is 9. The van der Waals surface area contributed by atoms with Crippen molar-refractivity contribution in [3.63, 3.8) is 0 Å². The van der Waals surface area contributed by atoms with Gasteiger partial charge in [-0.2, -0.15) is 0 Å². The molecule has 30 heavy (non-hydrogen) atoms. The van der Waals surface area contributed by atoms with Crippen molar-refractivity contribution in [1.82, 2.24) is 10.6 Å². The van der Waals surface area contributed by atoms with E-state index in [-0.39, 0.29) is 30.6 Å². The number of halogens is 1. The Labute approximate surface area is 194 Å². The number of amides is 1. The van der Waals surface area contributed by atoms with Crippen LogP contribution in [0.2, 0.25) is 0 Å². The third-order valence-corrected chi connectivity index (χ3v) is 4.69. The van der Waals surface area contributed by atoms with E-state index in [1.165, 1.54) is 16.7 Å². The van der Waals surface area contributed by atoms with Crippen molar-refractivity contribution in [2.45, 2.75) is 19.3 Å². The average molecular weight is 524 g/mol. The number of nitrogens with one attached hydrogen (secondary N) is 2. The van der Waals surface area contributed by atoms with Crippen molar-refractivity contribution in [2.75, 3.05) is 33.4 Å². The Morgan fingerprint density at radius 2 is 1.77 bits per heavy atom. The molecule has 0 saturated carbocycles. The quantitative estimate of drug-likeness (QED) is 0.265. The van der Waals surface area contributed by atoms with E-state index in [9.17, 15) is 4.79 Å². The predicted octanol–water partition coefficient (Wildman–Crippen LogP) is 2.05. The Balaban J connectivity index is 0.00000320. The van der Waals surface area contributed by atoms with Crippen LogP contribution in [0.1, 0.15) is 16.7 Å². The SMILES string of the molecule is CN=C(NCCc1ccc(OCC(N)=O)cc1)NCCc1ccc2c(c1)CCO2.I. The molecule has 8 heteroatoms. The monoisotopic (exact) mass is 524 g/mol. The third-order valence-electron chi connectivity index (χ3n) is 4.69. The van der Waals surface area contributed by atoms with E-state index in [0.29, 0.717) is 5.75 Å². The second kappa shape index (κ2) is 12.3. The van der Waals surface area contributed by atoms with Gasteiger partial charge in [-0.15, -0.1) is 24.0 Å². The van der Waals surface area contributed by atoms with E-state index in [1.807, 2.05) is 24.3 Å². The molecule has 0 radical (unpaired) electrons. The van der Waals surface area contributed by atoms with Crippen molar-refractivity contribution >= 4 is 35.8 Å². The highest BCUT2D eigenvalue weighted by molar-refractivity contribution is 14.0. The molecule has 0 aromatic heterocycles. The molecule has 1 aliphatic heterocycles. The van der Waals surface area contributed by atoms with Crippen molar-refractivity contribution in [3.05, 3.63) is 59.2 Å². The maximum Gasteiger partial charge on any atom is 0.255 e. The summed E-state index contributed by atoms with van der Waals surface area (Å²) < 4.78 is 10.8. The van der Waals surface area contributed by atoms with Crippen LogP contribution in [0, 0.1) is 0 Å². The number of nitrogens with two attached hydrogens (primary N) is 1. The number of primary amides is 1. The van der Waals surface area contributed by atoms with Crippen LogP contribution in [0.15, 0.2) is 47.5 Å². The molecule has 2 aromatic rings. The topological polar surface area (TPSA) is 98.0 Å². The van der Waals surface area contributed by atoms with Crippen LogP contribution in [0.4, 0.5) is 0 Å². The minimum absolute atomic E-state index is 0. The van der Waals surface area contributed by atoms with Crippen LogP contribution in [0.25, 0.3) is 0 Å². The number of ether oxygens (including phenoxy) is 2. The smallest absolute Gasteiger partial charge is 0.255 e. The molecule has 2 aromatic carbocycles. The summed E-state index contributed by atoms with van der Waals surface area (Å²) in [6, 6.07) is 14.1. The third kappa shape index (κ3) is 7.40. The van der Waals surface area contributed by atoms with Gasteiger partial charge in [0.25, 0.3) is 5.91 Å². The van der Waals surface area contributed by atoms with Gasteiger partial charge in [0.05, 0.1) is 6.61 Å². The standard InChI is InChI=1S/C22H28N4O3.HI/c1-24-22(26-12-9-17-4-7-20-18(14-17)10-13-28-20)25-11-8-16-2-5-19(6-3-16)29-15-21(23)27;/h2-7,14H,8-13,15H2,1H3,(H2,23,27)(H2,24,25,26);1H. The second-order valence-electron chi connectivity index (χ2n) is 6.87. The van der Waals surface area contributed by atoms with Gasteiger partial charge in [0.15, 0.2) is 12.6 Å². The zero-order valence-corrected chi connectivity index (χ0v) is 19.5. The zero-order valence-electron chi connectivity index (χ0n) is 17.1. The van der Waals surface area contributed by atoms with Gasteiger partial charge in [-0.3, -0.25) is 9.79 Å².